The molecule has 1 aromatic carbocycles. The van der Waals surface area contributed by atoms with Crippen LogP contribution in [0.1, 0.15) is 32.1 Å². The first-order valence-corrected chi connectivity index (χ1v) is 9.99. The molecule has 1 aromatic rings. The van der Waals surface area contributed by atoms with E-state index >= 15 is 0 Å². The third kappa shape index (κ3) is 3.78. The van der Waals surface area contributed by atoms with Gasteiger partial charge in [-0.25, -0.2) is 9.18 Å². The Hall–Kier alpha value is -2.15. The molecular formula is C20H27FN4O2. The van der Waals surface area contributed by atoms with Crippen molar-refractivity contribution in [1.29, 1.82) is 0 Å². The fraction of sp³-hybridized carbons (Fsp3) is 0.600. The molecule has 3 aliphatic rings. The summed E-state index contributed by atoms with van der Waals surface area (Å²) in [4.78, 5) is 31.2. The highest BCUT2D eigenvalue weighted by atomic mass is 19.1. The quantitative estimate of drug-likeness (QED) is 0.883. The topological polar surface area (TPSA) is 55.9 Å². The zero-order valence-corrected chi connectivity index (χ0v) is 15.6. The van der Waals surface area contributed by atoms with Crippen molar-refractivity contribution in [2.45, 2.75) is 44.2 Å². The first-order chi connectivity index (χ1) is 13.1. The molecule has 1 unspecified atom stereocenters. The number of amides is 3. The van der Waals surface area contributed by atoms with Gasteiger partial charge in [0.05, 0.1) is 5.69 Å². The van der Waals surface area contributed by atoms with Gasteiger partial charge in [-0.15, -0.1) is 0 Å². The van der Waals surface area contributed by atoms with Gasteiger partial charge in [0.1, 0.15) is 11.9 Å². The van der Waals surface area contributed by atoms with Crippen LogP contribution in [0.5, 0.6) is 0 Å². The Morgan fingerprint density at radius 1 is 1.00 bits per heavy atom. The minimum atomic E-state index is -0.587. The smallest absolute Gasteiger partial charge is 0.318 e. The standard InChI is InChI=1S/C20H27FN4O2/c21-16-7-1-2-9-18(16)25-10-4-8-17(19(25)26)22-20(27)24-13-11-23(12-14-24)15-5-3-6-15/h1-2,7,9,15,17H,3-6,8,10-14H2,(H,22,27). The number of benzene rings is 1. The molecule has 7 heteroatoms. The highest BCUT2D eigenvalue weighted by molar-refractivity contribution is 5.99. The molecule has 3 amide bonds. The second-order valence-electron chi connectivity index (χ2n) is 7.69. The minimum Gasteiger partial charge on any atom is -0.326 e. The first-order valence-electron chi connectivity index (χ1n) is 9.99. The highest BCUT2D eigenvalue weighted by Gasteiger charge is 2.34. The monoisotopic (exact) mass is 374 g/mol. The van der Waals surface area contributed by atoms with Crippen molar-refractivity contribution in [3.8, 4) is 0 Å². The van der Waals surface area contributed by atoms with Crippen molar-refractivity contribution >= 4 is 17.6 Å². The number of piperazine rings is 1. The summed E-state index contributed by atoms with van der Waals surface area (Å²) in [5, 5.41) is 2.88. The lowest BCUT2D eigenvalue weighted by atomic mass is 9.91. The maximum Gasteiger partial charge on any atom is 0.318 e. The van der Waals surface area contributed by atoms with E-state index in [1.165, 1.54) is 30.2 Å². The number of hydrogen-bond donors (Lipinski definition) is 1. The van der Waals surface area contributed by atoms with Crippen LogP contribution >= 0.6 is 0 Å². The molecule has 2 heterocycles. The summed E-state index contributed by atoms with van der Waals surface area (Å²) in [5.74, 6) is -0.641. The fourth-order valence-corrected chi connectivity index (χ4v) is 4.20. The van der Waals surface area contributed by atoms with E-state index in [1.54, 1.807) is 23.1 Å². The summed E-state index contributed by atoms with van der Waals surface area (Å²) in [6.45, 7) is 3.67. The summed E-state index contributed by atoms with van der Waals surface area (Å²) in [7, 11) is 0. The number of anilines is 1. The summed E-state index contributed by atoms with van der Waals surface area (Å²) >= 11 is 0. The molecule has 0 aromatic heterocycles. The molecule has 1 N–H and O–H groups in total. The van der Waals surface area contributed by atoms with Crippen molar-refractivity contribution in [2.75, 3.05) is 37.6 Å². The molecule has 0 spiro atoms. The number of hydrogen-bond acceptors (Lipinski definition) is 3. The maximum absolute atomic E-state index is 14.1. The molecule has 3 fully saturated rings. The Bertz CT molecular complexity index is 701. The van der Waals surface area contributed by atoms with E-state index in [-0.39, 0.29) is 17.6 Å². The number of rotatable bonds is 3. The number of piperidine rings is 1. The molecular weight excluding hydrogens is 347 g/mol. The number of para-hydroxylation sites is 1. The normalized spacial score (nSPS) is 24.6. The van der Waals surface area contributed by atoms with Crippen LogP contribution in [0, 0.1) is 5.82 Å². The van der Waals surface area contributed by atoms with Gasteiger partial charge in [-0.1, -0.05) is 18.6 Å². The molecule has 1 atom stereocenters. The van der Waals surface area contributed by atoms with Crippen molar-refractivity contribution in [1.82, 2.24) is 15.1 Å². The van der Waals surface area contributed by atoms with Gasteiger partial charge in [0.2, 0.25) is 5.91 Å². The Balaban J connectivity index is 1.34. The Labute approximate surface area is 159 Å². The van der Waals surface area contributed by atoms with Gasteiger partial charge >= 0.3 is 6.03 Å². The van der Waals surface area contributed by atoms with Gasteiger partial charge in [0.25, 0.3) is 0 Å². The van der Waals surface area contributed by atoms with E-state index in [1.807, 2.05) is 0 Å². The van der Waals surface area contributed by atoms with Gasteiger partial charge in [-0.3, -0.25) is 9.69 Å². The third-order valence-corrected chi connectivity index (χ3v) is 6.07. The predicted molar refractivity (Wildman–Crippen MR) is 101 cm³/mol. The summed E-state index contributed by atoms with van der Waals surface area (Å²) in [5.41, 5.74) is 0.288. The van der Waals surface area contributed by atoms with E-state index in [9.17, 15) is 14.0 Å². The summed E-state index contributed by atoms with van der Waals surface area (Å²) in [6.07, 6.45) is 5.19. The van der Waals surface area contributed by atoms with E-state index < -0.39 is 11.9 Å². The van der Waals surface area contributed by atoms with Crippen LogP contribution in [0.3, 0.4) is 0 Å². The first kappa shape index (κ1) is 18.2. The number of halogens is 1. The van der Waals surface area contributed by atoms with Crippen LogP contribution in [0.15, 0.2) is 24.3 Å². The van der Waals surface area contributed by atoms with Gasteiger partial charge in [0, 0.05) is 38.8 Å². The average Bonchev–Trinajstić information content (AvgIpc) is 2.63. The predicted octanol–water partition coefficient (Wildman–Crippen LogP) is 2.20. The third-order valence-electron chi connectivity index (χ3n) is 6.07. The van der Waals surface area contributed by atoms with Crippen LogP contribution in [-0.2, 0) is 4.79 Å². The van der Waals surface area contributed by atoms with Crippen molar-refractivity contribution in [2.24, 2.45) is 0 Å². The largest absolute Gasteiger partial charge is 0.326 e. The Kier molecular flexibility index (Phi) is 5.29. The van der Waals surface area contributed by atoms with Crippen molar-refractivity contribution in [3.05, 3.63) is 30.1 Å². The highest BCUT2D eigenvalue weighted by Crippen LogP contribution is 2.26. The Morgan fingerprint density at radius 2 is 1.74 bits per heavy atom. The average molecular weight is 374 g/mol. The minimum absolute atomic E-state index is 0.183. The van der Waals surface area contributed by atoms with E-state index in [0.29, 0.717) is 32.1 Å². The molecule has 0 bridgehead atoms. The molecule has 4 rings (SSSR count). The zero-order valence-electron chi connectivity index (χ0n) is 15.6. The molecule has 2 saturated heterocycles. The molecule has 1 saturated carbocycles. The van der Waals surface area contributed by atoms with Gasteiger partial charge in [-0.2, -0.15) is 0 Å². The number of nitrogens with one attached hydrogen (secondary N) is 1. The fourth-order valence-electron chi connectivity index (χ4n) is 4.20. The van der Waals surface area contributed by atoms with E-state index in [4.69, 9.17) is 0 Å². The SMILES string of the molecule is O=C(NC1CCCN(c2ccccc2F)C1=O)N1CCN(C2CCC2)CC1. The molecule has 2 aliphatic heterocycles. The van der Waals surface area contributed by atoms with E-state index in [0.717, 1.165) is 19.5 Å². The second-order valence-corrected chi connectivity index (χ2v) is 7.69. The van der Waals surface area contributed by atoms with E-state index in [2.05, 4.69) is 10.2 Å². The summed E-state index contributed by atoms with van der Waals surface area (Å²) in [6, 6.07) is 6.21. The van der Waals surface area contributed by atoms with Gasteiger partial charge in [0.15, 0.2) is 0 Å². The molecule has 0 radical (unpaired) electrons. The lowest BCUT2D eigenvalue weighted by Crippen LogP contribution is -2.59. The lowest BCUT2D eigenvalue weighted by molar-refractivity contribution is -0.121. The van der Waals surface area contributed by atoms with Crippen LogP contribution in [-0.4, -0.2) is 66.5 Å². The molecule has 1 aliphatic carbocycles. The molecule has 6 nitrogen and oxygen atoms in total. The summed E-state index contributed by atoms with van der Waals surface area (Å²) < 4.78 is 14.1. The lowest BCUT2D eigenvalue weighted by Gasteiger charge is -2.43. The number of carbonyl (C=O) groups is 2. The van der Waals surface area contributed by atoms with Crippen molar-refractivity contribution < 1.29 is 14.0 Å². The van der Waals surface area contributed by atoms with Gasteiger partial charge < -0.3 is 15.1 Å². The maximum atomic E-state index is 14.1. The molecule has 27 heavy (non-hydrogen) atoms. The number of nitrogens with zero attached hydrogens (tertiary/aromatic N) is 3. The van der Waals surface area contributed by atoms with Crippen LogP contribution in [0.25, 0.3) is 0 Å². The Morgan fingerprint density at radius 3 is 2.41 bits per heavy atom. The second kappa shape index (κ2) is 7.84. The zero-order chi connectivity index (χ0) is 18.8. The molecule has 146 valence electrons. The van der Waals surface area contributed by atoms with Gasteiger partial charge in [-0.05, 0) is 37.8 Å². The van der Waals surface area contributed by atoms with Crippen LogP contribution < -0.4 is 10.2 Å². The van der Waals surface area contributed by atoms with Crippen LogP contribution in [0.2, 0.25) is 0 Å². The number of urea groups is 1. The van der Waals surface area contributed by atoms with Crippen LogP contribution in [0.4, 0.5) is 14.9 Å². The van der Waals surface area contributed by atoms with Crippen molar-refractivity contribution in [3.63, 3.8) is 0 Å². The number of carbonyl (C=O) groups excluding carboxylic acids is 2.